The van der Waals surface area contributed by atoms with Gasteiger partial charge in [0.25, 0.3) is 5.91 Å². The molecule has 9 heteroatoms. The summed E-state index contributed by atoms with van der Waals surface area (Å²) in [7, 11) is 0. The van der Waals surface area contributed by atoms with E-state index in [9.17, 15) is 28.5 Å². The number of benzene rings is 1. The lowest BCUT2D eigenvalue weighted by Crippen LogP contribution is -2.27. The van der Waals surface area contributed by atoms with Crippen molar-refractivity contribution in [2.24, 2.45) is 0 Å². The molecule has 0 aromatic heterocycles. The number of rotatable bonds is 5. The maximum Gasteiger partial charge on any atom is 0.305 e. The van der Waals surface area contributed by atoms with Gasteiger partial charge in [0.2, 0.25) is 5.82 Å². The zero-order chi connectivity index (χ0) is 14.6. The van der Waals surface area contributed by atoms with Crippen LogP contribution in [0.4, 0.5) is 14.5 Å². The van der Waals surface area contributed by atoms with Gasteiger partial charge in [-0.05, 0) is 0 Å². The minimum atomic E-state index is -1.40. The van der Waals surface area contributed by atoms with E-state index < -0.39 is 46.1 Å². The minimum Gasteiger partial charge on any atom is -0.481 e. The van der Waals surface area contributed by atoms with Gasteiger partial charge >= 0.3 is 11.7 Å². The maximum absolute atomic E-state index is 13.3. The van der Waals surface area contributed by atoms with Gasteiger partial charge in [0.15, 0.2) is 0 Å². The van der Waals surface area contributed by atoms with Gasteiger partial charge in [-0.1, -0.05) is 0 Å². The van der Waals surface area contributed by atoms with E-state index in [1.165, 1.54) is 0 Å². The van der Waals surface area contributed by atoms with Crippen LogP contribution in [0.3, 0.4) is 0 Å². The highest BCUT2D eigenvalue weighted by molar-refractivity contribution is 5.95. The molecule has 19 heavy (non-hydrogen) atoms. The number of aliphatic carboxylic acids is 1. The molecule has 7 nitrogen and oxygen atoms in total. The normalized spacial score (nSPS) is 10.0. The maximum atomic E-state index is 13.3. The van der Waals surface area contributed by atoms with Crippen LogP contribution in [-0.2, 0) is 4.79 Å². The first kappa shape index (κ1) is 14.5. The molecule has 2 N–H and O–H groups in total. The topological polar surface area (TPSA) is 110 Å². The van der Waals surface area contributed by atoms with Crippen molar-refractivity contribution in [1.82, 2.24) is 5.32 Å². The van der Waals surface area contributed by atoms with Crippen molar-refractivity contribution in [2.75, 3.05) is 6.54 Å². The Kier molecular flexibility index (Phi) is 4.46. The van der Waals surface area contributed by atoms with E-state index in [1.54, 1.807) is 0 Å². The number of hydrogen-bond donors (Lipinski definition) is 2. The first-order valence-electron chi connectivity index (χ1n) is 4.96. The quantitative estimate of drug-likeness (QED) is 0.616. The van der Waals surface area contributed by atoms with E-state index in [0.29, 0.717) is 6.07 Å². The number of nitro groups is 1. The molecule has 102 valence electrons. The number of carboxylic acid groups (broad SMARTS) is 1. The predicted octanol–water partition coefficient (Wildman–Crippen LogP) is 1.08. The number of nitro benzene ring substituents is 1. The number of hydrogen-bond acceptors (Lipinski definition) is 4. The van der Waals surface area contributed by atoms with Crippen LogP contribution in [0.1, 0.15) is 16.8 Å². The van der Waals surface area contributed by atoms with E-state index in [2.05, 4.69) is 5.32 Å². The van der Waals surface area contributed by atoms with Crippen LogP contribution in [0.5, 0.6) is 0 Å². The van der Waals surface area contributed by atoms with Gasteiger partial charge in [0.05, 0.1) is 16.9 Å². The molecule has 1 amide bonds. The van der Waals surface area contributed by atoms with E-state index in [4.69, 9.17) is 5.11 Å². The van der Waals surface area contributed by atoms with Crippen molar-refractivity contribution in [1.29, 1.82) is 0 Å². The lowest BCUT2D eigenvalue weighted by Gasteiger charge is -2.05. The third kappa shape index (κ3) is 3.69. The lowest BCUT2D eigenvalue weighted by molar-refractivity contribution is -0.387. The average Bonchev–Trinajstić information content (AvgIpc) is 2.27. The summed E-state index contributed by atoms with van der Waals surface area (Å²) in [6.45, 7) is -0.279. The predicted molar refractivity (Wildman–Crippen MR) is 57.6 cm³/mol. The zero-order valence-corrected chi connectivity index (χ0v) is 9.35. The van der Waals surface area contributed by atoms with E-state index in [1.807, 2.05) is 0 Å². The van der Waals surface area contributed by atoms with Crippen LogP contribution >= 0.6 is 0 Å². The summed E-state index contributed by atoms with van der Waals surface area (Å²) in [5, 5.41) is 20.8. The number of carbonyl (C=O) groups is 2. The second-order valence-corrected chi connectivity index (χ2v) is 3.44. The first-order valence-corrected chi connectivity index (χ1v) is 4.96. The Morgan fingerprint density at radius 2 is 1.95 bits per heavy atom. The Morgan fingerprint density at radius 1 is 1.32 bits per heavy atom. The van der Waals surface area contributed by atoms with Crippen LogP contribution in [-0.4, -0.2) is 28.5 Å². The molecule has 0 aliphatic carbocycles. The van der Waals surface area contributed by atoms with Gasteiger partial charge in [-0.25, -0.2) is 4.39 Å². The van der Waals surface area contributed by atoms with Gasteiger partial charge in [0.1, 0.15) is 5.82 Å². The molecule has 0 fully saturated rings. The molecule has 0 saturated carbocycles. The van der Waals surface area contributed by atoms with Crippen LogP contribution < -0.4 is 5.32 Å². The molecule has 0 aliphatic rings. The molecule has 0 heterocycles. The average molecular weight is 274 g/mol. The Labute approximate surface area is 105 Å². The molecule has 1 rings (SSSR count). The van der Waals surface area contributed by atoms with Crippen LogP contribution in [0.25, 0.3) is 0 Å². The van der Waals surface area contributed by atoms with E-state index in [-0.39, 0.29) is 12.6 Å². The highest BCUT2D eigenvalue weighted by Gasteiger charge is 2.22. The first-order chi connectivity index (χ1) is 8.82. The van der Waals surface area contributed by atoms with Crippen molar-refractivity contribution in [2.45, 2.75) is 6.42 Å². The molecule has 0 aliphatic heterocycles. The van der Waals surface area contributed by atoms with Crippen molar-refractivity contribution < 1.29 is 28.4 Å². The van der Waals surface area contributed by atoms with Crippen molar-refractivity contribution in [3.63, 3.8) is 0 Å². The van der Waals surface area contributed by atoms with Crippen LogP contribution in [0, 0.1) is 21.7 Å². The fourth-order valence-corrected chi connectivity index (χ4v) is 1.23. The van der Waals surface area contributed by atoms with E-state index in [0.717, 1.165) is 0 Å². The van der Waals surface area contributed by atoms with Gasteiger partial charge in [-0.3, -0.25) is 19.7 Å². The van der Waals surface area contributed by atoms with Gasteiger partial charge in [-0.15, -0.1) is 0 Å². The van der Waals surface area contributed by atoms with Gasteiger partial charge in [-0.2, -0.15) is 4.39 Å². The standard InChI is InChI=1S/C10H8F2N2O5/c11-6-4-7(12)8(14(18)19)3-5(6)10(17)13-2-1-9(15)16/h3-4H,1-2H2,(H,13,17)(H,15,16). The Morgan fingerprint density at radius 3 is 2.47 bits per heavy atom. The number of nitrogens with one attached hydrogen (secondary N) is 1. The van der Waals surface area contributed by atoms with E-state index >= 15 is 0 Å². The molecule has 0 radical (unpaired) electrons. The van der Waals surface area contributed by atoms with Crippen LogP contribution in [0.2, 0.25) is 0 Å². The number of carboxylic acids is 1. The number of carbonyl (C=O) groups excluding carboxylic acids is 1. The summed E-state index contributed by atoms with van der Waals surface area (Å²) < 4.78 is 26.3. The SMILES string of the molecule is O=C(O)CCNC(=O)c1cc([N+](=O)[O-])c(F)cc1F. The second kappa shape index (κ2) is 5.85. The molecular weight excluding hydrogens is 266 g/mol. The summed E-state index contributed by atoms with van der Waals surface area (Å²) >= 11 is 0. The molecule has 0 bridgehead atoms. The molecular formula is C10H8F2N2O5. The number of halogens is 2. The zero-order valence-electron chi connectivity index (χ0n) is 9.35. The summed E-state index contributed by atoms with van der Waals surface area (Å²) in [5.74, 6) is -4.90. The summed E-state index contributed by atoms with van der Waals surface area (Å²) in [6.07, 6.45) is -0.392. The second-order valence-electron chi connectivity index (χ2n) is 3.44. The highest BCUT2D eigenvalue weighted by Crippen LogP contribution is 2.21. The minimum absolute atomic E-state index is 0.226. The number of amides is 1. The van der Waals surface area contributed by atoms with Gasteiger partial charge < -0.3 is 10.4 Å². The largest absolute Gasteiger partial charge is 0.481 e. The molecule has 1 aromatic rings. The molecule has 0 saturated heterocycles. The molecule has 1 aromatic carbocycles. The Bertz CT molecular complexity index is 547. The summed E-state index contributed by atoms with van der Waals surface area (Å²) in [6, 6.07) is 0.686. The Balaban J connectivity index is 2.93. The third-order valence-electron chi connectivity index (χ3n) is 2.10. The Hall–Kier alpha value is -2.58. The lowest BCUT2D eigenvalue weighted by atomic mass is 10.1. The van der Waals surface area contributed by atoms with Crippen molar-refractivity contribution in [3.05, 3.63) is 39.4 Å². The summed E-state index contributed by atoms with van der Waals surface area (Å²) in [5.41, 5.74) is -1.76. The van der Waals surface area contributed by atoms with Crippen molar-refractivity contribution in [3.8, 4) is 0 Å². The fourth-order valence-electron chi connectivity index (χ4n) is 1.23. The smallest absolute Gasteiger partial charge is 0.305 e. The molecule has 0 spiro atoms. The molecule has 0 atom stereocenters. The van der Waals surface area contributed by atoms with Gasteiger partial charge in [0, 0.05) is 18.7 Å². The highest BCUT2D eigenvalue weighted by atomic mass is 19.1. The summed E-state index contributed by atoms with van der Waals surface area (Å²) in [4.78, 5) is 31.0. The van der Waals surface area contributed by atoms with Crippen LogP contribution in [0.15, 0.2) is 12.1 Å². The fraction of sp³-hybridized carbons (Fsp3) is 0.200. The molecule has 0 unspecified atom stereocenters. The van der Waals surface area contributed by atoms with Crippen molar-refractivity contribution >= 4 is 17.6 Å². The monoisotopic (exact) mass is 274 g/mol. The third-order valence-corrected chi connectivity index (χ3v) is 2.10. The number of nitrogens with zero attached hydrogens (tertiary/aromatic N) is 1.